The average Bonchev–Trinajstić information content (AvgIpc) is 2.81. The van der Waals surface area contributed by atoms with Crippen LogP contribution in [0.2, 0.25) is 0 Å². The van der Waals surface area contributed by atoms with E-state index in [1.165, 1.54) is 0 Å². The number of rotatable bonds is 5. The molecule has 0 N–H and O–H groups in total. The van der Waals surface area contributed by atoms with Gasteiger partial charge in [0, 0.05) is 31.2 Å². The number of halogens is 3. The predicted octanol–water partition coefficient (Wildman–Crippen LogP) is 2.79. The molecule has 0 spiro atoms. The Hall–Kier alpha value is -1.57. The van der Waals surface area contributed by atoms with Crippen molar-refractivity contribution in [3.63, 3.8) is 0 Å². The molecule has 5 nitrogen and oxygen atoms in total. The van der Waals surface area contributed by atoms with E-state index in [0.717, 1.165) is 10.5 Å². The smallest absolute Gasteiger partial charge is 0.381 e. The van der Waals surface area contributed by atoms with Crippen LogP contribution in [0.5, 0.6) is 0 Å². The van der Waals surface area contributed by atoms with Crippen molar-refractivity contribution in [1.82, 2.24) is 10.1 Å². The highest BCUT2D eigenvalue weighted by atomic mass is 19.4. The van der Waals surface area contributed by atoms with Gasteiger partial charge in [-0.15, -0.1) is 0 Å². The molecule has 0 unspecified atom stereocenters. The first-order valence-corrected chi connectivity index (χ1v) is 7.63. The van der Waals surface area contributed by atoms with E-state index in [9.17, 15) is 18.0 Å². The van der Waals surface area contributed by atoms with Gasteiger partial charge >= 0.3 is 6.18 Å². The summed E-state index contributed by atoms with van der Waals surface area (Å²) in [6.45, 7) is 3.04. The van der Waals surface area contributed by atoms with E-state index in [4.69, 9.17) is 9.26 Å². The molecule has 1 aliphatic heterocycles. The third-order valence-corrected chi connectivity index (χ3v) is 4.07. The zero-order valence-electron chi connectivity index (χ0n) is 13.3. The quantitative estimate of drug-likeness (QED) is 0.831. The van der Waals surface area contributed by atoms with Gasteiger partial charge in [-0.3, -0.25) is 4.79 Å². The molecule has 1 aliphatic rings. The Morgan fingerprint density at radius 3 is 2.48 bits per heavy atom. The largest absolute Gasteiger partial charge is 0.406 e. The van der Waals surface area contributed by atoms with Crippen molar-refractivity contribution in [3.8, 4) is 0 Å². The third-order valence-electron chi connectivity index (χ3n) is 4.07. The van der Waals surface area contributed by atoms with Gasteiger partial charge in [0.1, 0.15) is 12.3 Å². The number of amides is 1. The van der Waals surface area contributed by atoms with Gasteiger partial charge in [-0.05, 0) is 33.1 Å². The summed E-state index contributed by atoms with van der Waals surface area (Å²) >= 11 is 0. The van der Waals surface area contributed by atoms with E-state index in [0.29, 0.717) is 43.9 Å². The van der Waals surface area contributed by atoms with Gasteiger partial charge in [-0.25, -0.2) is 0 Å². The Morgan fingerprint density at radius 1 is 1.30 bits per heavy atom. The first kappa shape index (κ1) is 17.8. The monoisotopic (exact) mass is 334 g/mol. The number of nitrogens with zero attached hydrogens (tertiary/aromatic N) is 2. The van der Waals surface area contributed by atoms with Gasteiger partial charge in [0.2, 0.25) is 5.91 Å². The van der Waals surface area contributed by atoms with Gasteiger partial charge in [0.25, 0.3) is 0 Å². The maximum absolute atomic E-state index is 12.8. The fourth-order valence-corrected chi connectivity index (χ4v) is 2.85. The molecule has 0 radical (unpaired) electrons. The van der Waals surface area contributed by atoms with Crippen molar-refractivity contribution < 1.29 is 27.2 Å². The summed E-state index contributed by atoms with van der Waals surface area (Å²) in [7, 11) is 0. The van der Waals surface area contributed by atoms with Gasteiger partial charge in [0.15, 0.2) is 0 Å². The molecule has 0 bridgehead atoms. The summed E-state index contributed by atoms with van der Waals surface area (Å²) in [4.78, 5) is 13.3. The number of carbonyl (C=O) groups excluding carboxylic acids is 1. The molecule has 1 amide bonds. The van der Waals surface area contributed by atoms with Gasteiger partial charge in [-0.2, -0.15) is 13.2 Å². The second-order valence-electron chi connectivity index (χ2n) is 5.78. The molecular formula is C15H21F3N2O3. The van der Waals surface area contributed by atoms with E-state index in [-0.39, 0.29) is 6.42 Å². The van der Waals surface area contributed by atoms with E-state index in [2.05, 4.69) is 5.16 Å². The topological polar surface area (TPSA) is 55.6 Å². The van der Waals surface area contributed by atoms with Crippen LogP contribution in [0.4, 0.5) is 13.2 Å². The van der Waals surface area contributed by atoms with Crippen LogP contribution in [-0.4, -0.2) is 47.9 Å². The first-order chi connectivity index (χ1) is 10.8. The van der Waals surface area contributed by atoms with Crippen molar-refractivity contribution >= 4 is 5.91 Å². The van der Waals surface area contributed by atoms with Crippen molar-refractivity contribution in [3.05, 3.63) is 17.0 Å². The average molecular weight is 334 g/mol. The molecule has 1 aromatic rings. The lowest BCUT2D eigenvalue weighted by Gasteiger charge is -2.35. The Balaban J connectivity index is 2.03. The molecule has 0 aliphatic carbocycles. The second kappa shape index (κ2) is 7.33. The SMILES string of the molecule is Cc1noc(C)c1CCC(=O)N(CC(F)(F)F)C1CCOCC1. The third kappa shape index (κ3) is 4.95. The summed E-state index contributed by atoms with van der Waals surface area (Å²) in [6.07, 6.45) is -3.19. The van der Waals surface area contributed by atoms with Gasteiger partial charge in [0.05, 0.1) is 5.69 Å². The maximum Gasteiger partial charge on any atom is 0.406 e. The molecule has 8 heteroatoms. The number of hydrogen-bond acceptors (Lipinski definition) is 4. The predicted molar refractivity (Wildman–Crippen MR) is 75.9 cm³/mol. The van der Waals surface area contributed by atoms with E-state index in [1.54, 1.807) is 13.8 Å². The highest BCUT2D eigenvalue weighted by molar-refractivity contribution is 5.77. The summed E-state index contributed by atoms with van der Waals surface area (Å²) in [6, 6.07) is -0.414. The standard InChI is InChI=1S/C15H21F3N2O3/c1-10-13(11(2)23-19-10)3-4-14(21)20(9-15(16,17)18)12-5-7-22-8-6-12/h12H,3-9H2,1-2H3. The summed E-state index contributed by atoms with van der Waals surface area (Å²) in [5.41, 5.74) is 1.46. The molecule has 0 saturated carbocycles. The molecule has 0 aromatic carbocycles. The van der Waals surface area contributed by atoms with Crippen LogP contribution in [-0.2, 0) is 16.0 Å². The highest BCUT2D eigenvalue weighted by Gasteiger charge is 2.36. The van der Waals surface area contributed by atoms with Crippen LogP contribution in [0.25, 0.3) is 0 Å². The van der Waals surface area contributed by atoms with Crippen molar-refractivity contribution in [1.29, 1.82) is 0 Å². The fourth-order valence-electron chi connectivity index (χ4n) is 2.85. The van der Waals surface area contributed by atoms with E-state index < -0.39 is 24.7 Å². The lowest BCUT2D eigenvalue weighted by molar-refractivity contribution is -0.168. The molecule has 1 saturated heterocycles. The lowest BCUT2D eigenvalue weighted by atomic mass is 10.0. The number of hydrogen-bond donors (Lipinski definition) is 0. The Kier molecular flexibility index (Phi) is 5.67. The first-order valence-electron chi connectivity index (χ1n) is 7.63. The van der Waals surface area contributed by atoms with Crippen LogP contribution in [0, 0.1) is 13.8 Å². The second-order valence-corrected chi connectivity index (χ2v) is 5.78. The Morgan fingerprint density at radius 2 is 1.96 bits per heavy atom. The number of ether oxygens (including phenoxy) is 1. The summed E-state index contributed by atoms with van der Waals surface area (Å²) in [5.74, 6) is 0.109. The van der Waals surface area contributed by atoms with Crippen molar-refractivity contribution in [2.75, 3.05) is 19.8 Å². The lowest BCUT2D eigenvalue weighted by Crippen LogP contribution is -2.48. The molecule has 2 heterocycles. The van der Waals surface area contributed by atoms with Crippen molar-refractivity contribution in [2.24, 2.45) is 0 Å². The molecule has 1 aromatic heterocycles. The Labute approximate surface area is 132 Å². The van der Waals surface area contributed by atoms with Gasteiger partial charge in [-0.1, -0.05) is 5.16 Å². The minimum Gasteiger partial charge on any atom is -0.381 e. The molecule has 0 atom stereocenters. The fraction of sp³-hybridized carbons (Fsp3) is 0.733. The maximum atomic E-state index is 12.8. The van der Waals surface area contributed by atoms with Crippen LogP contribution in [0.1, 0.15) is 36.3 Å². The molecule has 2 rings (SSSR count). The number of alkyl halides is 3. The van der Waals surface area contributed by atoms with Crippen LogP contribution in [0.3, 0.4) is 0 Å². The molecule has 1 fully saturated rings. The Bertz CT molecular complexity index is 517. The zero-order valence-corrected chi connectivity index (χ0v) is 13.3. The van der Waals surface area contributed by atoms with Gasteiger partial charge < -0.3 is 14.2 Å². The number of aromatic nitrogens is 1. The molecule has 130 valence electrons. The number of aryl methyl sites for hydroxylation is 2. The number of carbonyl (C=O) groups is 1. The minimum atomic E-state index is -4.41. The zero-order chi connectivity index (χ0) is 17.0. The molecular weight excluding hydrogens is 313 g/mol. The van der Waals surface area contributed by atoms with Crippen LogP contribution < -0.4 is 0 Å². The highest BCUT2D eigenvalue weighted by Crippen LogP contribution is 2.24. The van der Waals surface area contributed by atoms with E-state index in [1.807, 2.05) is 0 Å². The van der Waals surface area contributed by atoms with E-state index >= 15 is 0 Å². The normalized spacial score (nSPS) is 16.6. The summed E-state index contributed by atoms with van der Waals surface area (Å²) < 4.78 is 48.6. The minimum absolute atomic E-state index is 0.0102. The molecule has 23 heavy (non-hydrogen) atoms. The van der Waals surface area contributed by atoms with Crippen LogP contribution in [0.15, 0.2) is 4.52 Å². The van der Waals surface area contributed by atoms with Crippen LogP contribution >= 0.6 is 0 Å². The van der Waals surface area contributed by atoms with Crippen molar-refractivity contribution in [2.45, 2.75) is 51.7 Å². The summed E-state index contributed by atoms with van der Waals surface area (Å²) in [5, 5.41) is 3.79.